The minimum Gasteiger partial charge on any atom is -0.298 e. The van der Waals surface area contributed by atoms with Gasteiger partial charge in [-0.2, -0.15) is 5.10 Å². The molecule has 0 aliphatic carbocycles. The van der Waals surface area contributed by atoms with E-state index in [-0.39, 0.29) is 0 Å². The van der Waals surface area contributed by atoms with E-state index < -0.39 is 0 Å². The van der Waals surface area contributed by atoms with Crippen LogP contribution in [0.4, 0.5) is 0 Å². The molecule has 0 saturated heterocycles. The standard InChI is InChI=1S/C3H6N2S2/c1-6-3-5-4-2-7-3/h4H,2H2,1H3. The summed E-state index contributed by atoms with van der Waals surface area (Å²) in [5.74, 6) is 0.941. The second kappa shape index (κ2) is 2.47. The van der Waals surface area contributed by atoms with Crippen molar-refractivity contribution in [3.63, 3.8) is 0 Å². The molecule has 0 atom stereocenters. The van der Waals surface area contributed by atoms with Gasteiger partial charge >= 0.3 is 0 Å². The molecule has 40 valence electrons. The summed E-state index contributed by atoms with van der Waals surface area (Å²) in [4.78, 5) is 0. The number of hydrogen-bond donors (Lipinski definition) is 1. The molecular weight excluding hydrogens is 128 g/mol. The van der Waals surface area contributed by atoms with Crippen LogP contribution in [0.1, 0.15) is 0 Å². The first-order chi connectivity index (χ1) is 3.43. The maximum Gasteiger partial charge on any atom is 0.151 e. The van der Waals surface area contributed by atoms with E-state index >= 15 is 0 Å². The van der Waals surface area contributed by atoms with Gasteiger partial charge in [-0.05, 0) is 6.26 Å². The van der Waals surface area contributed by atoms with Crippen LogP contribution in [0.15, 0.2) is 5.10 Å². The topological polar surface area (TPSA) is 24.4 Å². The fraction of sp³-hybridized carbons (Fsp3) is 0.667. The number of nitrogens with one attached hydrogen (secondary N) is 1. The lowest BCUT2D eigenvalue weighted by Crippen LogP contribution is -1.93. The van der Waals surface area contributed by atoms with Gasteiger partial charge in [0.15, 0.2) is 4.38 Å². The number of hydrogen-bond acceptors (Lipinski definition) is 4. The molecule has 1 heterocycles. The van der Waals surface area contributed by atoms with E-state index in [1.807, 2.05) is 6.26 Å². The van der Waals surface area contributed by atoms with Gasteiger partial charge in [0, 0.05) is 0 Å². The number of thioether (sulfide) groups is 2. The summed E-state index contributed by atoms with van der Waals surface area (Å²) in [5.41, 5.74) is 2.85. The van der Waals surface area contributed by atoms with Crippen molar-refractivity contribution in [3.05, 3.63) is 0 Å². The monoisotopic (exact) mass is 134 g/mol. The van der Waals surface area contributed by atoms with E-state index in [9.17, 15) is 0 Å². The Bertz CT molecular complexity index is 90.9. The van der Waals surface area contributed by atoms with Gasteiger partial charge in [0.2, 0.25) is 0 Å². The molecule has 2 nitrogen and oxygen atoms in total. The molecule has 0 spiro atoms. The van der Waals surface area contributed by atoms with Crippen LogP contribution in [-0.2, 0) is 0 Å². The molecule has 1 aliphatic heterocycles. The Morgan fingerprint density at radius 2 is 2.86 bits per heavy atom. The van der Waals surface area contributed by atoms with Crippen molar-refractivity contribution in [2.24, 2.45) is 5.10 Å². The molecule has 0 saturated carbocycles. The Hall–Kier alpha value is 0.170. The zero-order chi connectivity index (χ0) is 5.11. The maximum absolute atomic E-state index is 3.95. The molecule has 4 heteroatoms. The van der Waals surface area contributed by atoms with Crippen LogP contribution in [0.5, 0.6) is 0 Å². The zero-order valence-corrected chi connectivity index (χ0v) is 5.60. The van der Waals surface area contributed by atoms with Crippen molar-refractivity contribution in [3.8, 4) is 0 Å². The van der Waals surface area contributed by atoms with Crippen LogP contribution in [0.3, 0.4) is 0 Å². The normalized spacial score (nSPS) is 18.7. The SMILES string of the molecule is CSC1=NNCS1. The fourth-order valence-corrected chi connectivity index (χ4v) is 1.51. The highest BCUT2D eigenvalue weighted by Crippen LogP contribution is 2.15. The quantitative estimate of drug-likeness (QED) is 0.533. The highest BCUT2D eigenvalue weighted by atomic mass is 32.2. The fourth-order valence-electron chi connectivity index (χ4n) is 0.328. The van der Waals surface area contributed by atoms with E-state index in [0.717, 1.165) is 10.3 Å². The number of rotatable bonds is 0. The Morgan fingerprint density at radius 3 is 3.14 bits per heavy atom. The Morgan fingerprint density at radius 1 is 2.00 bits per heavy atom. The minimum atomic E-state index is 0.941. The molecule has 0 unspecified atom stereocenters. The average Bonchev–Trinajstić information content (AvgIpc) is 2.14. The third-order valence-corrected chi connectivity index (χ3v) is 2.51. The molecule has 0 amide bonds. The summed E-state index contributed by atoms with van der Waals surface area (Å²) in [5, 5.41) is 3.95. The van der Waals surface area contributed by atoms with Gasteiger partial charge < -0.3 is 0 Å². The van der Waals surface area contributed by atoms with Crippen LogP contribution >= 0.6 is 23.5 Å². The van der Waals surface area contributed by atoms with Gasteiger partial charge in [-0.25, -0.2) is 0 Å². The minimum absolute atomic E-state index is 0.941. The Balaban J connectivity index is 2.36. The molecule has 1 rings (SSSR count). The van der Waals surface area contributed by atoms with Gasteiger partial charge in [0.25, 0.3) is 0 Å². The van der Waals surface area contributed by atoms with Crippen molar-refractivity contribution < 1.29 is 0 Å². The third-order valence-electron chi connectivity index (χ3n) is 0.605. The zero-order valence-electron chi connectivity index (χ0n) is 3.97. The number of hydrazone groups is 1. The molecular formula is C3H6N2S2. The number of nitrogens with zero attached hydrogens (tertiary/aromatic N) is 1. The molecule has 0 bridgehead atoms. The van der Waals surface area contributed by atoms with Crippen LogP contribution in [-0.4, -0.2) is 16.5 Å². The molecule has 1 N–H and O–H groups in total. The first-order valence-corrected chi connectivity index (χ1v) is 4.12. The maximum atomic E-state index is 3.95. The summed E-state index contributed by atoms with van der Waals surface area (Å²) in [7, 11) is 0. The van der Waals surface area contributed by atoms with Crippen LogP contribution < -0.4 is 5.43 Å². The summed E-state index contributed by atoms with van der Waals surface area (Å²) >= 11 is 3.43. The van der Waals surface area contributed by atoms with Crippen LogP contribution in [0, 0.1) is 0 Å². The van der Waals surface area contributed by atoms with E-state index in [0.29, 0.717) is 0 Å². The van der Waals surface area contributed by atoms with E-state index in [1.54, 1.807) is 23.5 Å². The second-order valence-corrected chi connectivity index (χ2v) is 3.05. The molecule has 0 aromatic rings. The van der Waals surface area contributed by atoms with Gasteiger partial charge in [-0.15, -0.1) is 11.8 Å². The second-order valence-electron chi connectivity index (χ2n) is 1.03. The van der Waals surface area contributed by atoms with Gasteiger partial charge in [-0.3, -0.25) is 5.43 Å². The van der Waals surface area contributed by atoms with E-state index in [1.165, 1.54) is 0 Å². The summed E-state index contributed by atoms with van der Waals surface area (Å²) in [6.45, 7) is 0. The van der Waals surface area contributed by atoms with Crippen molar-refractivity contribution in [2.45, 2.75) is 0 Å². The highest BCUT2D eigenvalue weighted by molar-refractivity contribution is 8.38. The van der Waals surface area contributed by atoms with Crippen molar-refractivity contribution in [2.75, 3.05) is 12.1 Å². The Kier molecular flexibility index (Phi) is 1.87. The molecule has 0 radical (unpaired) electrons. The average molecular weight is 134 g/mol. The summed E-state index contributed by atoms with van der Waals surface area (Å²) < 4.78 is 1.14. The Labute approximate surface area is 51.1 Å². The molecule has 0 aromatic heterocycles. The first kappa shape index (κ1) is 5.31. The first-order valence-electron chi connectivity index (χ1n) is 1.91. The van der Waals surface area contributed by atoms with Crippen molar-refractivity contribution >= 4 is 27.9 Å². The molecule has 0 fully saturated rings. The van der Waals surface area contributed by atoms with E-state index in [2.05, 4.69) is 10.5 Å². The lowest BCUT2D eigenvalue weighted by Gasteiger charge is -1.82. The molecule has 7 heavy (non-hydrogen) atoms. The third kappa shape index (κ3) is 1.28. The van der Waals surface area contributed by atoms with Crippen LogP contribution in [0.25, 0.3) is 0 Å². The van der Waals surface area contributed by atoms with E-state index in [4.69, 9.17) is 0 Å². The summed E-state index contributed by atoms with van der Waals surface area (Å²) in [6.07, 6.45) is 2.03. The van der Waals surface area contributed by atoms with Gasteiger partial charge in [0.1, 0.15) is 0 Å². The van der Waals surface area contributed by atoms with Gasteiger partial charge in [0.05, 0.1) is 5.88 Å². The smallest absolute Gasteiger partial charge is 0.151 e. The summed E-state index contributed by atoms with van der Waals surface area (Å²) in [6, 6.07) is 0. The van der Waals surface area contributed by atoms with Crippen LogP contribution in [0.2, 0.25) is 0 Å². The molecule has 1 aliphatic rings. The lowest BCUT2D eigenvalue weighted by molar-refractivity contribution is 0.896. The predicted molar refractivity (Wildman–Crippen MR) is 36.5 cm³/mol. The van der Waals surface area contributed by atoms with Crippen molar-refractivity contribution in [1.29, 1.82) is 0 Å². The molecule has 0 aromatic carbocycles. The largest absolute Gasteiger partial charge is 0.298 e. The van der Waals surface area contributed by atoms with Crippen molar-refractivity contribution in [1.82, 2.24) is 5.43 Å². The van der Waals surface area contributed by atoms with Gasteiger partial charge in [-0.1, -0.05) is 11.8 Å². The predicted octanol–water partition coefficient (Wildman–Crippen LogP) is 0.914. The lowest BCUT2D eigenvalue weighted by atomic mass is 11.5. The highest BCUT2D eigenvalue weighted by Gasteiger charge is 2.01.